The highest BCUT2D eigenvalue weighted by Gasteiger charge is 2.31. The number of nitrogens with one attached hydrogen (secondary N) is 1. The fourth-order valence-corrected chi connectivity index (χ4v) is 4.96. The zero-order chi connectivity index (χ0) is 20.6. The molecule has 1 aromatic rings. The number of thiocarbonyl (C=S) groups is 1. The van der Waals surface area contributed by atoms with Crippen molar-refractivity contribution in [2.75, 3.05) is 13.7 Å². The van der Waals surface area contributed by atoms with Gasteiger partial charge in [0.05, 0.1) is 12.0 Å². The molecule has 7 heteroatoms. The normalized spacial score (nSPS) is 18.7. The minimum absolute atomic E-state index is 0.0326. The number of benzene rings is 1. The Morgan fingerprint density at radius 1 is 1.24 bits per heavy atom. The third-order valence-corrected chi connectivity index (χ3v) is 6.67. The molecule has 2 amide bonds. The molecule has 0 radical (unpaired) electrons. The predicted molar refractivity (Wildman–Crippen MR) is 122 cm³/mol. The van der Waals surface area contributed by atoms with E-state index in [0.717, 1.165) is 43.4 Å². The Bertz CT molecular complexity index is 771. The van der Waals surface area contributed by atoms with E-state index in [4.69, 9.17) is 17.0 Å². The Hall–Kier alpha value is -1.86. The molecule has 156 valence electrons. The van der Waals surface area contributed by atoms with Gasteiger partial charge in [-0.05, 0) is 49.5 Å². The van der Waals surface area contributed by atoms with E-state index in [0.29, 0.717) is 28.2 Å². The fourth-order valence-electron chi connectivity index (χ4n) is 3.65. The lowest BCUT2D eigenvalue weighted by Gasteiger charge is -2.14. The molecule has 0 unspecified atom stereocenters. The topological polar surface area (TPSA) is 58.6 Å². The highest BCUT2D eigenvalue weighted by Crippen LogP contribution is 2.33. The molecule has 1 saturated heterocycles. The second-order valence-corrected chi connectivity index (χ2v) is 9.14. The third-order valence-electron chi connectivity index (χ3n) is 5.29. The van der Waals surface area contributed by atoms with Crippen molar-refractivity contribution in [1.29, 1.82) is 0 Å². The first kappa shape index (κ1) is 21.8. The van der Waals surface area contributed by atoms with Gasteiger partial charge in [-0.15, -0.1) is 0 Å². The molecule has 1 heterocycles. The first-order valence-electron chi connectivity index (χ1n) is 10.3. The van der Waals surface area contributed by atoms with Crippen LogP contribution < -0.4 is 10.1 Å². The van der Waals surface area contributed by atoms with Gasteiger partial charge in [-0.2, -0.15) is 0 Å². The average Bonchev–Trinajstić information content (AvgIpc) is 3.31. The van der Waals surface area contributed by atoms with E-state index in [1.807, 2.05) is 30.3 Å². The lowest BCUT2D eigenvalue weighted by Crippen LogP contribution is -2.32. The summed E-state index contributed by atoms with van der Waals surface area (Å²) in [5, 5.41) is 3.12. The number of carbonyl (C=O) groups is 2. The molecular formula is C22H28N2O3S2. The molecule has 5 nitrogen and oxygen atoms in total. The van der Waals surface area contributed by atoms with Crippen LogP contribution in [0.2, 0.25) is 0 Å². The molecule has 2 fully saturated rings. The van der Waals surface area contributed by atoms with Crippen LogP contribution in [0.5, 0.6) is 5.75 Å². The van der Waals surface area contributed by atoms with Gasteiger partial charge in [0.25, 0.3) is 5.91 Å². The van der Waals surface area contributed by atoms with Gasteiger partial charge in [0, 0.05) is 19.0 Å². The quantitative estimate of drug-likeness (QED) is 0.353. The molecular weight excluding hydrogens is 404 g/mol. The Labute approximate surface area is 182 Å². The average molecular weight is 433 g/mol. The maximum Gasteiger partial charge on any atom is 0.266 e. The fraction of sp³-hybridized carbons (Fsp3) is 0.500. The third kappa shape index (κ3) is 6.31. The predicted octanol–water partition coefficient (Wildman–Crippen LogP) is 4.52. The van der Waals surface area contributed by atoms with Gasteiger partial charge in [0.2, 0.25) is 5.91 Å². The summed E-state index contributed by atoms with van der Waals surface area (Å²) in [6.45, 7) is 0.606. The second-order valence-electron chi connectivity index (χ2n) is 7.47. The van der Waals surface area contributed by atoms with Gasteiger partial charge in [-0.25, -0.2) is 0 Å². The van der Waals surface area contributed by atoms with Crippen LogP contribution in [0.15, 0.2) is 29.2 Å². The van der Waals surface area contributed by atoms with Crippen LogP contribution >= 0.6 is 24.0 Å². The summed E-state index contributed by atoms with van der Waals surface area (Å²) >= 11 is 6.74. The van der Waals surface area contributed by atoms with E-state index < -0.39 is 0 Å². The highest BCUT2D eigenvalue weighted by molar-refractivity contribution is 8.26. The van der Waals surface area contributed by atoms with Gasteiger partial charge < -0.3 is 10.1 Å². The van der Waals surface area contributed by atoms with Crippen LogP contribution in [-0.2, 0) is 9.59 Å². The summed E-state index contributed by atoms with van der Waals surface area (Å²) in [6.07, 6.45) is 9.71. The van der Waals surface area contributed by atoms with Crippen LogP contribution in [0.4, 0.5) is 0 Å². The summed E-state index contributed by atoms with van der Waals surface area (Å²) in [7, 11) is 1.63. The van der Waals surface area contributed by atoms with Crippen LogP contribution in [-0.4, -0.2) is 40.7 Å². The Morgan fingerprint density at radius 2 is 1.97 bits per heavy atom. The number of hydrogen-bond donors (Lipinski definition) is 1. The van der Waals surface area contributed by atoms with E-state index in [-0.39, 0.29) is 11.8 Å². The van der Waals surface area contributed by atoms with Crippen molar-refractivity contribution in [3.8, 4) is 5.75 Å². The zero-order valence-electron chi connectivity index (χ0n) is 16.8. The first-order valence-corrected chi connectivity index (χ1v) is 11.5. The number of amides is 2. The van der Waals surface area contributed by atoms with Gasteiger partial charge in [-0.1, -0.05) is 55.4 Å². The Morgan fingerprint density at radius 3 is 2.66 bits per heavy atom. The number of carbonyl (C=O) groups excluding carboxylic acids is 2. The van der Waals surface area contributed by atoms with Crippen LogP contribution in [0.25, 0.3) is 6.08 Å². The number of thioether (sulfide) groups is 1. The van der Waals surface area contributed by atoms with Gasteiger partial charge in [0.1, 0.15) is 10.1 Å². The summed E-state index contributed by atoms with van der Waals surface area (Å²) in [4.78, 5) is 27.0. The minimum Gasteiger partial charge on any atom is -0.497 e. The first-order chi connectivity index (χ1) is 14.1. The summed E-state index contributed by atoms with van der Waals surface area (Å²) in [6, 6.07) is 7.96. The molecule has 1 saturated carbocycles. The maximum atomic E-state index is 12.7. The maximum absolute atomic E-state index is 12.7. The molecule has 1 aliphatic carbocycles. The van der Waals surface area contributed by atoms with Crippen molar-refractivity contribution in [2.24, 2.45) is 0 Å². The van der Waals surface area contributed by atoms with Gasteiger partial charge >= 0.3 is 0 Å². The van der Waals surface area contributed by atoms with Gasteiger partial charge in [-0.3, -0.25) is 14.5 Å². The number of methoxy groups -OCH3 is 1. The van der Waals surface area contributed by atoms with E-state index in [9.17, 15) is 9.59 Å². The van der Waals surface area contributed by atoms with Crippen molar-refractivity contribution in [3.63, 3.8) is 0 Å². The lowest BCUT2D eigenvalue weighted by atomic mass is 10.1. The molecule has 29 heavy (non-hydrogen) atoms. The molecule has 0 bridgehead atoms. The number of rotatable bonds is 9. The van der Waals surface area contributed by atoms with E-state index in [1.165, 1.54) is 24.6 Å². The van der Waals surface area contributed by atoms with Crippen molar-refractivity contribution in [2.45, 2.75) is 57.4 Å². The molecule has 0 aromatic heterocycles. The largest absolute Gasteiger partial charge is 0.497 e. The number of nitrogens with zero attached hydrogens (tertiary/aromatic N) is 1. The zero-order valence-corrected chi connectivity index (χ0v) is 18.4. The number of unbranched alkanes of at least 4 members (excludes halogenated alkanes) is 2. The van der Waals surface area contributed by atoms with E-state index in [2.05, 4.69) is 5.32 Å². The number of hydrogen-bond acceptors (Lipinski definition) is 5. The SMILES string of the molecule is COc1ccc(C=C2SC(=S)N(CCCCCC(=O)NC3CCCC3)C2=O)cc1. The molecule has 2 aliphatic rings. The van der Waals surface area contributed by atoms with E-state index >= 15 is 0 Å². The van der Waals surface area contributed by atoms with E-state index in [1.54, 1.807) is 12.0 Å². The van der Waals surface area contributed by atoms with Crippen LogP contribution in [0.3, 0.4) is 0 Å². The standard InChI is InChI=1S/C22H28N2O3S2/c1-27-18-12-10-16(11-13-18)15-19-21(26)24(22(28)29-19)14-6-2-3-9-20(25)23-17-7-4-5-8-17/h10-13,15,17H,2-9,14H2,1H3,(H,23,25). The Kier molecular flexibility index (Phi) is 8.12. The highest BCUT2D eigenvalue weighted by atomic mass is 32.2. The van der Waals surface area contributed by atoms with Crippen LogP contribution in [0.1, 0.15) is 56.9 Å². The van der Waals surface area contributed by atoms with Crippen molar-refractivity contribution in [3.05, 3.63) is 34.7 Å². The lowest BCUT2D eigenvalue weighted by molar-refractivity contribution is -0.123. The molecule has 0 atom stereocenters. The molecule has 1 aliphatic heterocycles. The monoisotopic (exact) mass is 432 g/mol. The van der Waals surface area contributed by atoms with Crippen molar-refractivity contribution < 1.29 is 14.3 Å². The molecule has 0 spiro atoms. The van der Waals surface area contributed by atoms with Crippen molar-refractivity contribution in [1.82, 2.24) is 10.2 Å². The summed E-state index contributed by atoms with van der Waals surface area (Å²) in [5.74, 6) is 0.909. The smallest absolute Gasteiger partial charge is 0.266 e. The van der Waals surface area contributed by atoms with Crippen LogP contribution in [0, 0.1) is 0 Å². The minimum atomic E-state index is -0.0326. The molecule has 3 rings (SSSR count). The number of ether oxygens (including phenoxy) is 1. The summed E-state index contributed by atoms with van der Waals surface area (Å²) in [5.41, 5.74) is 0.944. The van der Waals surface area contributed by atoms with Gasteiger partial charge in [0.15, 0.2) is 0 Å². The Balaban J connectivity index is 1.40. The second kappa shape index (κ2) is 10.8. The summed E-state index contributed by atoms with van der Waals surface area (Å²) < 4.78 is 5.76. The molecule has 1 aromatic carbocycles. The van der Waals surface area contributed by atoms with Crippen molar-refractivity contribution >= 4 is 46.2 Å². The molecule has 1 N–H and O–H groups in total.